The van der Waals surface area contributed by atoms with Gasteiger partial charge in [-0.3, -0.25) is 4.90 Å². The third kappa shape index (κ3) is 6.15. The molecule has 0 amide bonds. The van der Waals surface area contributed by atoms with E-state index in [2.05, 4.69) is 27.7 Å². The SMILES string of the molecule is Clc1ccc(COc2ccc(CNCCN3CCNCC3)cc2)cc1Cl. The van der Waals surface area contributed by atoms with Gasteiger partial charge in [-0.15, -0.1) is 0 Å². The van der Waals surface area contributed by atoms with Gasteiger partial charge in [0, 0.05) is 45.8 Å². The van der Waals surface area contributed by atoms with Crippen LogP contribution in [-0.2, 0) is 13.2 Å². The Balaban J connectivity index is 1.38. The molecule has 0 bridgehead atoms. The number of piperazine rings is 1. The second-order valence-corrected chi connectivity index (χ2v) is 7.26. The molecule has 0 aromatic heterocycles. The molecular formula is C20H25Cl2N3O. The highest BCUT2D eigenvalue weighted by atomic mass is 35.5. The van der Waals surface area contributed by atoms with Crippen molar-refractivity contribution in [3.8, 4) is 5.75 Å². The van der Waals surface area contributed by atoms with Crippen LogP contribution in [0.1, 0.15) is 11.1 Å². The van der Waals surface area contributed by atoms with Gasteiger partial charge in [-0.2, -0.15) is 0 Å². The van der Waals surface area contributed by atoms with E-state index in [4.69, 9.17) is 27.9 Å². The Morgan fingerprint density at radius 2 is 1.69 bits per heavy atom. The van der Waals surface area contributed by atoms with Crippen LogP contribution in [0.4, 0.5) is 0 Å². The third-order valence-corrected chi connectivity index (χ3v) is 5.20. The Labute approximate surface area is 165 Å². The second kappa shape index (κ2) is 10.1. The minimum atomic E-state index is 0.471. The molecule has 2 N–H and O–H groups in total. The van der Waals surface area contributed by atoms with Crippen molar-refractivity contribution in [3.63, 3.8) is 0 Å². The summed E-state index contributed by atoms with van der Waals surface area (Å²) in [6.07, 6.45) is 0. The van der Waals surface area contributed by atoms with Gasteiger partial charge in [0.05, 0.1) is 10.0 Å². The summed E-state index contributed by atoms with van der Waals surface area (Å²) in [4.78, 5) is 2.49. The van der Waals surface area contributed by atoms with Crippen molar-refractivity contribution in [2.24, 2.45) is 0 Å². The molecule has 0 atom stereocenters. The van der Waals surface area contributed by atoms with Gasteiger partial charge >= 0.3 is 0 Å². The molecule has 0 aliphatic carbocycles. The molecule has 1 heterocycles. The van der Waals surface area contributed by atoms with E-state index in [1.54, 1.807) is 6.07 Å². The highest BCUT2D eigenvalue weighted by Crippen LogP contribution is 2.23. The smallest absolute Gasteiger partial charge is 0.119 e. The van der Waals surface area contributed by atoms with Crippen molar-refractivity contribution in [1.29, 1.82) is 0 Å². The number of hydrogen-bond acceptors (Lipinski definition) is 4. The molecule has 0 spiro atoms. The first-order valence-corrected chi connectivity index (χ1v) is 9.76. The lowest BCUT2D eigenvalue weighted by molar-refractivity contribution is 0.241. The first-order chi connectivity index (χ1) is 12.7. The van der Waals surface area contributed by atoms with Gasteiger partial charge < -0.3 is 15.4 Å². The van der Waals surface area contributed by atoms with Gasteiger partial charge in [-0.1, -0.05) is 41.4 Å². The second-order valence-electron chi connectivity index (χ2n) is 6.45. The van der Waals surface area contributed by atoms with Crippen molar-refractivity contribution >= 4 is 23.2 Å². The van der Waals surface area contributed by atoms with Crippen LogP contribution < -0.4 is 15.4 Å². The zero-order valence-electron chi connectivity index (χ0n) is 14.8. The Kier molecular flexibility index (Phi) is 7.59. The topological polar surface area (TPSA) is 36.5 Å². The molecule has 1 aliphatic rings. The van der Waals surface area contributed by atoms with Crippen molar-refractivity contribution in [1.82, 2.24) is 15.5 Å². The Morgan fingerprint density at radius 3 is 2.42 bits per heavy atom. The van der Waals surface area contributed by atoms with E-state index in [0.717, 1.165) is 57.1 Å². The standard InChI is InChI=1S/C20H25Cl2N3O/c21-19-6-3-17(13-20(19)22)15-26-18-4-1-16(2-5-18)14-24-9-12-25-10-7-23-8-11-25/h1-6,13,23-24H,7-12,14-15H2. The third-order valence-electron chi connectivity index (χ3n) is 4.46. The molecular weight excluding hydrogens is 369 g/mol. The maximum absolute atomic E-state index is 6.03. The Bertz CT molecular complexity index is 688. The van der Waals surface area contributed by atoms with Crippen LogP contribution in [0.15, 0.2) is 42.5 Å². The summed E-state index contributed by atoms with van der Waals surface area (Å²) >= 11 is 12.0. The molecule has 2 aromatic carbocycles. The van der Waals surface area contributed by atoms with Crippen LogP contribution >= 0.6 is 23.2 Å². The average Bonchev–Trinajstić information content (AvgIpc) is 2.68. The average molecular weight is 394 g/mol. The summed E-state index contributed by atoms with van der Waals surface area (Å²) in [5, 5.41) is 7.99. The molecule has 3 rings (SSSR count). The lowest BCUT2D eigenvalue weighted by Gasteiger charge is -2.27. The normalized spacial score (nSPS) is 15.2. The Morgan fingerprint density at radius 1 is 0.962 bits per heavy atom. The lowest BCUT2D eigenvalue weighted by atomic mass is 10.2. The van der Waals surface area contributed by atoms with Crippen LogP contribution in [-0.4, -0.2) is 44.2 Å². The summed E-state index contributed by atoms with van der Waals surface area (Å²) in [7, 11) is 0. The number of benzene rings is 2. The van der Waals surface area contributed by atoms with Crippen molar-refractivity contribution in [2.45, 2.75) is 13.2 Å². The molecule has 6 heteroatoms. The summed E-state index contributed by atoms with van der Waals surface area (Å²) < 4.78 is 5.81. The molecule has 1 saturated heterocycles. The summed E-state index contributed by atoms with van der Waals surface area (Å²) in [5.41, 5.74) is 2.25. The van der Waals surface area contributed by atoms with Gasteiger partial charge in [0.2, 0.25) is 0 Å². The van der Waals surface area contributed by atoms with Crippen LogP contribution in [0.25, 0.3) is 0 Å². The minimum absolute atomic E-state index is 0.471. The van der Waals surface area contributed by atoms with E-state index in [1.807, 2.05) is 24.3 Å². The van der Waals surface area contributed by atoms with E-state index in [-0.39, 0.29) is 0 Å². The van der Waals surface area contributed by atoms with Gasteiger partial charge in [-0.05, 0) is 35.4 Å². The molecule has 1 fully saturated rings. The highest BCUT2D eigenvalue weighted by Gasteiger charge is 2.08. The number of nitrogens with one attached hydrogen (secondary N) is 2. The molecule has 26 heavy (non-hydrogen) atoms. The van der Waals surface area contributed by atoms with Gasteiger partial charge in [-0.25, -0.2) is 0 Å². The number of nitrogens with zero attached hydrogens (tertiary/aromatic N) is 1. The zero-order valence-corrected chi connectivity index (χ0v) is 16.3. The summed E-state index contributed by atoms with van der Waals surface area (Å²) in [6.45, 7) is 7.95. The van der Waals surface area contributed by atoms with E-state index in [1.165, 1.54) is 5.56 Å². The minimum Gasteiger partial charge on any atom is -0.489 e. The van der Waals surface area contributed by atoms with E-state index in [0.29, 0.717) is 16.7 Å². The molecule has 2 aromatic rings. The predicted molar refractivity (Wildman–Crippen MR) is 108 cm³/mol. The van der Waals surface area contributed by atoms with Crippen molar-refractivity contribution in [3.05, 3.63) is 63.6 Å². The first kappa shape index (κ1) is 19.5. The highest BCUT2D eigenvalue weighted by molar-refractivity contribution is 6.42. The maximum Gasteiger partial charge on any atom is 0.119 e. The Hall–Kier alpha value is -1.30. The first-order valence-electron chi connectivity index (χ1n) is 9.00. The largest absolute Gasteiger partial charge is 0.489 e. The summed E-state index contributed by atoms with van der Waals surface area (Å²) in [5.74, 6) is 0.848. The van der Waals surface area contributed by atoms with Crippen LogP contribution in [0.2, 0.25) is 10.0 Å². The lowest BCUT2D eigenvalue weighted by Crippen LogP contribution is -2.45. The number of halogens is 2. The fourth-order valence-corrected chi connectivity index (χ4v) is 3.22. The van der Waals surface area contributed by atoms with E-state index >= 15 is 0 Å². The molecule has 0 unspecified atom stereocenters. The number of rotatable bonds is 8. The van der Waals surface area contributed by atoms with Crippen LogP contribution in [0.5, 0.6) is 5.75 Å². The quantitative estimate of drug-likeness (QED) is 0.672. The molecule has 0 saturated carbocycles. The van der Waals surface area contributed by atoms with Gasteiger partial charge in [0.25, 0.3) is 0 Å². The van der Waals surface area contributed by atoms with E-state index < -0.39 is 0 Å². The fraction of sp³-hybridized carbons (Fsp3) is 0.400. The monoisotopic (exact) mass is 393 g/mol. The molecule has 0 radical (unpaired) electrons. The fourth-order valence-electron chi connectivity index (χ4n) is 2.90. The molecule has 1 aliphatic heterocycles. The zero-order chi connectivity index (χ0) is 18.2. The maximum atomic E-state index is 6.03. The summed E-state index contributed by atoms with van der Waals surface area (Å²) in [6, 6.07) is 13.8. The van der Waals surface area contributed by atoms with E-state index in [9.17, 15) is 0 Å². The van der Waals surface area contributed by atoms with Gasteiger partial charge in [0.1, 0.15) is 12.4 Å². The number of hydrogen-bond donors (Lipinski definition) is 2. The van der Waals surface area contributed by atoms with Crippen molar-refractivity contribution in [2.75, 3.05) is 39.3 Å². The number of ether oxygens (including phenoxy) is 1. The molecule has 4 nitrogen and oxygen atoms in total. The van der Waals surface area contributed by atoms with Crippen LogP contribution in [0, 0.1) is 0 Å². The van der Waals surface area contributed by atoms with Crippen molar-refractivity contribution < 1.29 is 4.74 Å². The molecule has 140 valence electrons. The van der Waals surface area contributed by atoms with Gasteiger partial charge in [0.15, 0.2) is 0 Å². The van der Waals surface area contributed by atoms with Crippen LogP contribution in [0.3, 0.4) is 0 Å². The predicted octanol–water partition coefficient (Wildman–Crippen LogP) is 3.57.